The molecule has 0 aliphatic carbocycles. The van der Waals surface area contributed by atoms with Crippen molar-refractivity contribution in [2.45, 2.75) is 12.5 Å². The van der Waals surface area contributed by atoms with Crippen LogP contribution in [0.25, 0.3) is 0 Å². The van der Waals surface area contributed by atoms with E-state index in [4.69, 9.17) is 4.74 Å². The van der Waals surface area contributed by atoms with Gasteiger partial charge in [-0.15, -0.1) is 0 Å². The van der Waals surface area contributed by atoms with Gasteiger partial charge in [0.25, 0.3) is 11.8 Å². The molecule has 1 fully saturated rings. The minimum Gasteiger partial charge on any atom is -0.484 e. The SMILES string of the molecule is C[C@@]1(c2cccc(NC(=O)COc3cccc(Br)c3)c2)NC(=O)NC1=O. The fourth-order valence-corrected chi connectivity index (χ4v) is 2.94. The number of benzene rings is 2. The number of amides is 4. The van der Waals surface area contributed by atoms with E-state index in [-0.39, 0.29) is 12.5 Å². The van der Waals surface area contributed by atoms with Crippen molar-refractivity contribution in [3.8, 4) is 5.75 Å². The summed E-state index contributed by atoms with van der Waals surface area (Å²) in [6.07, 6.45) is 0. The van der Waals surface area contributed by atoms with Gasteiger partial charge in [0.2, 0.25) is 0 Å². The van der Waals surface area contributed by atoms with Gasteiger partial charge in [0.05, 0.1) is 0 Å². The Labute approximate surface area is 158 Å². The van der Waals surface area contributed by atoms with Gasteiger partial charge in [0, 0.05) is 10.2 Å². The average molecular weight is 418 g/mol. The topological polar surface area (TPSA) is 96.5 Å². The van der Waals surface area contributed by atoms with Gasteiger partial charge in [-0.2, -0.15) is 0 Å². The van der Waals surface area contributed by atoms with Crippen LogP contribution < -0.4 is 20.7 Å². The van der Waals surface area contributed by atoms with Crippen LogP contribution in [-0.2, 0) is 15.1 Å². The third kappa shape index (κ3) is 3.85. The smallest absolute Gasteiger partial charge is 0.322 e. The number of hydrogen-bond acceptors (Lipinski definition) is 4. The predicted octanol–water partition coefficient (Wildman–Crippen LogP) is 2.52. The molecule has 0 aromatic heterocycles. The number of carbonyl (C=O) groups excluding carboxylic acids is 3. The van der Waals surface area contributed by atoms with Crippen LogP contribution in [-0.4, -0.2) is 24.5 Å². The summed E-state index contributed by atoms with van der Waals surface area (Å²) in [4.78, 5) is 35.5. The van der Waals surface area contributed by atoms with Crippen molar-refractivity contribution in [3.05, 3.63) is 58.6 Å². The highest BCUT2D eigenvalue weighted by Gasteiger charge is 2.43. The highest BCUT2D eigenvalue weighted by molar-refractivity contribution is 9.10. The molecule has 3 rings (SSSR count). The third-order valence-electron chi connectivity index (χ3n) is 3.93. The van der Waals surface area contributed by atoms with Crippen LogP contribution in [0.15, 0.2) is 53.0 Å². The minimum atomic E-state index is -1.18. The number of imide groups is 1. The Morgan fingerprint density at radius 3 is 2.65 bits per heavy atom. The van der Waals surface area contributed by atoms with Crippen LogP contribution in [0, 0.1) is 0 Å². The normalized spacial score (nSPS) is 18.8. The maximum atomic E-state index is 12.1. The van der Waals surface area contributed by atoms with Crippen molar-refractivity contribution < 1.29 is 19.1 Å². The van der Waals surface area contributed by atoms with E-state index in [0.29, 0.717) is 17.0 Å². The fourth-order valence-electron chi connectivity index (χ4n) is 2.56. The zero-order chi connectivity index (χ0) is 18.7. The van der Waals surface area contributed by atoms with Crippen LogP contribution in [0.2, 0.25) is 0 Å². The monoisotopic (exact) mass is 417 g/mol. The Kier molecular flexibility index (Phi) is 4.94. The van der Waals surface area contributed by atoms with Crippen LogP contribution in [0.5, 0.6) is 5.75 Å². The largest absolute Gasteiger partial charge is 0.484 e. The summed E-state index contributed by atoms with van der Waals surface area (Å²) in [5, 5.41) is 7.51. The third-order valence-corrected chi connectivity index (χ3v) is 4.43. The van der Waals surface area contributed by atoms with Crippen molar-refractivity contribution in [2.75, 3.05) is 11.9 Å². The minimum absolute atomic E-state index is 0.158. The van der Waals surface area contributed by atoms with Gasteiger partial charge in [-0.3, -0.25) is 14.9 Å². The number of hydrogen-bond donors (Lipinski definition) is 3. The molecule has 1 atom stereocenters. The van der Waals surface area contributed by atoms with E-state index in [1.165, 1.54) is 0 Å². The lowest BCUT2D eigenvalue weighted by Gasteiger charge is -2.21. The lowest BCUT2D eigenvalue weighted by Crippen LogP contribution is -2.40. The molecule has 3 N–H and O–H groups in total. The second-order valence-corrected chi connectivity index (χ2v) is 6.82. The predicted molar refractivity (Wildman–Crippen MR) is 98.7 cm³/mol. The van der Waals surface area contributed by atoms with Gasteiger partial charge in [-0.25, -0.2) is 4.79 Å². The average Bonchev–Trinajstić information content (AvgIpc) is 2.86. The number of halogens is 1. The number of urea groups is 1. The summed E-state index contributed by atoms with van der Waals surface area (Å²) in [6.45, 7) is 1.44. The number of anilines is 1. The Hall–Kier alpha value is -2.87. The van der Waals surface area contributed by atoms with Crippen LogP contribution >= 0.6 is 15.9 Å². The standard InChI is InChI=1S/C18H16BrN3O4/c1-18(16(24)21-17(25)22-18)11-4-2-6-13(8-11)20-15(23)10-26-14-7-3-5-12(19)9-14/h2-9H,10H2,1H3,(H,20,23)(H2,21,22,24,25)/t18-/m0/s1. The van der Waals surface area contributed by atoms with E-state index in [2.05, 4.69) is 31.9 Å². The zero-order valence-electron chi connectivity index (χ0n) is 13.8. The highest BCUT2D eigenvalue weighted by atomic mass is 79.9. The van der Waals surface area contributed by atoms with E-state index < -0.39 is 17.5 Å². The van der Waals surface area contributed by atoms with E-state index in [1.807, 2.05) is 12.1 Å². The summed E-state index contributed by atoms with van der Waals surface area (Å²) in [6, 6.07) is 13.4. The number of nitrogens with one attached hydrogen (secondary N) is 3. The molecule has 0 saturated carbocycles. The van der Waals surface area contributed by atoms with Crippen molar-refractivity contribution in [3.63, 3.8) is 0 Å². The number of rotatable bonds is 5. The van der Waals surface area contributed by atoms with Crippen LogP contribution in [0.1, 0.15) is 12.5 Å². The van der Waals surface area contributed by atoms with Crippen LogP contribution in [0.3, 0.4) is 0 Å². The summed E-state index contributed by atoms with van der Waals surface area (Å²) in [5.74, 6) is -0.211. The molecule has 0 unspecified atom stereocenters. The number of ether oxygens (including phenoxy) is 1. The van der Waals surface area contributed by atoms with Gasteiger partial charge >= 0.3 is 6.03 Å². The molecule has 2 aromatic carbocycles. The molecule has 7 nitrogen and oxygen atoms in total. The molecule has 1 aliphatic heterocycles. The first-order chi connectivity index (χ1) is 12.4. The molecular weight excluding hydrogens is 402 g/mol. The van der Waals surface area contributed by atoms with Crippen molar-refractivity contribution in [2.24, 2.45) is 0 Å². The molecule has 26 heavy (non-hydrogen) atoms. The molecule has 0 bridgehead atoms. The molecule has 4 amide bonds. The summed E-state index contributed by atoms with van der Waals surface area (Å²) < 4.78 is 6.29. The van der Waals surface area contributed by atoms with Gasteiger partial charge in [0.15, 0.2) is 6.61 Å². The summed E-state index contributed by atoms with van der Waals surface area (Å²) >= 11 is 3.33. The van der Waals surface area contributed by atoms with Gasteiger partial charge in [-0.1, -0.05) is 34.1 Å². The Morgan fingerprint density at radius 1 is 1.19 bits per heavy atom. The molecule has 0 spiro atoms. The van der Waals surface area contributed by atoms with Crippen LogP contribution in [0.4, 0.5) is 10.5 Å². The highest BCUT2D eigenvalue weighted by Crippen LogP contribution is 2.26. The van der Waals surface area contributed by atoms with Gasteiger partial charge < -0.3 is 15.4 Å². The Bertz CT molecular complexity index is 886. The second-order valence-electron chi connectivity index (χ2n) is 5.91. The van der Waals surface area contributed by atoms with Gasteiger partial charge in [-0.05, 0) is 42.8 Å². The molecule has 134 valence electrons. The molecule has 2 aromatic rings. The number of carbonyl (C=O) groups is 3. The van der Waals surface area contributed by atoms with E-state index in [1.54, 1.807) is 43.3 Å². The van der Waals surface area contributed by atoms with Crippen molar-refractivity contribution >= 4 is 39.5 Å². The molecule has 8 heteroatoms. The van der Waals surface area contributed by atoms with Crippen molar-refractivity contribution in [1.29, 1.82) is 0 Å². The molecule has 0 radical (unpaired) electrons. The fraction of sp³-hybridized carbons (Fsp3) is 0.167. The quantitative estimate of drug-likeness (QED) is 0.651. The Balaban J connectivity index is 1.66. The van der Waals surface area contributed by atoms with E-state index in [0.717, 1.165) is 4.47 Å². The van der Waals surface area contributed by atoms with E-state index >= 15 is 0 Å². The lowest BCUT2D eigenvalue weighted by molar-refractivity contribution is -0.123. The van der Waals surface area contributed by atoms with Gasteiger partial charge in [0.1, 0.15) is 11.3 Å². The maximum absolute atomic E-state index is 12.1. The molecule has 1 heterocycles. The first-order valence-electron chi connectivity index (χ1n) is 7.79. The molecular formula is C18H16BrN3O4. The van der Waals surface area contributed by atoms with Crippen molar-refractivity contribution in [1.82, 2.24) is 10.6 Å². The second kappa shape index (κ2) is 7.17. The summed E-state index contributed by atoms with van der Waals surface area (Å²) in [7, 11) is 0. The molecule has 1 aliphatic rings. The Morgan fingerprint density at radius 2 is 1.96 bits per heavy atom. The molecule has 1 saturated heterocycles. The summed E-state index contributed by atoms with van der Waals surface area (Å²) in [5.41, 5.74) is -0.114. The lowest BCUT2D eigenvalue weighted by atomic mass is 9.92. The zero-order valence-corrected chi connectivity index (χ0v) is 15.4. The maximum Gasteiger partial charge on any atom is 0.322 e. The first-order valence-corrected chi connectivity index (χ1v) is 8.58. The van der Waals surface area contributed by atoms with E-state index in [9.17, 15) is 14.4 Å². The first kappa shape index (κ1) is 17.9.